The number of anilines is 2. The molecule has 4 aliphatic rings. The predicted molar refractivity (Wildman–Crippen MR) is 258 cm³/mol. The van der Waals surface area contributed by atoms with Crippen LogP contribution in [-0.2, 0) is 52.5 Å². The summed E-state index contributed by atoms with van der Waals surface area (Å²) in [5.74, 6) is -5.22. The van der Waals surface area contributed by atoms with Crippen LogP contribution in [0.3, 0.4) is 0 Å². The van der Waals surface area contributed by atoms with Crippen molar-refractivity contribution in [1.29, 1.82) is 0 Å². The van der Waals surface area contributed by atoms with Gasteiger partial charge in [-0.15, -0.1) is 46.2 Å². The van der Waals surface area contributed by atoms with Gasteiger partial charge in [-0.05, 0) is 16.6 Å². The molecule has 0 radical (unpaired) electrons. The Labute approximate surface area is 420 Å². The van der Waals surface area contributed by atoms with Gasteiger partial charge in [0.25, 0.3) is 23.6 Å². The average molecular weight is 1090 g/mol. The Morgan fingerprint density at radius 1 is 0.817 bits per heavy atom. The van der Waals surface area contributed by atoms with Crippen molar-refractivity contribution < 1.29 is 43.5 Å². The number of amides is 5. The number of nitrogens with one attached hydrogen (secondary N) is 5. The summed E-state index contributed by atoms with van der Waals surface area (Å²) in [7, 11) is 5.28. The highest BCUT2D eigenvalue weighted by atomic mass is 32.2. The third-order valence-corrected chi connectivity index (χ3v) is 16.5. The van der Waals surface area contributed by atoms with Crippen LogP contribution in [0.15, 0.2) is 72.8 Å². The number of thiazole rings is 2. The molecule has 5 amide bonds. The molecule has 0 spiro atoms. The van der Waals surface area contributed by atoms with E-state index in [2.05, 4.69) is 56.4 Å². The number of β-lactam (4-membered cyclic amide) rings is 2. The maximum atomic E-state index is 14.3. The summed E-state index contributed by atoms with van der Waals surface area (Å²) in [6.07, 6.45) is 0. The first-order valence-electron chi connectivity index (χ1n) is 19.9. The number of aliphatic carboxylic acids is 1. The molecule has 0 bridgehead atoms. The molecule has 2 fully saturated rings. The second kappa shape index (κ2) is 20.7. The summed E-state index contributed by atoms with van der Waals surface area (Å²) in [6.45, 7) is 0. The van der Waals surface area contributed by atoms with Crippen molar-refractivity contribution >= 4 is 127 Å². The molecule has 29 nitrogen and oxygen atoms in total. The van der Waals surface area contributed by atoms with E-state index in [1.807, 2.05) is 0 Å². The number of aryl methyl sites for hydroxylation is 2. The normalized spacial score (nSPS) is 20.8. The predicted octanol–water partition coefficient (Wildman–Crippen LogP) is -2.94. The molecule has 4 aromatic heterocycles. The van der Waals surface area contributed by atoms with Crippen molar-refractivity contribution in [3.63, 3.8) is 0 Å². The topological polar surface area (TPSA) is 396 Å². The van der Waals surface area contributed by atoms with Crippen molar-refractivity contribution in [3.8, 4) is 0 Å². The van der Waals surface area contributed by atoms with Crippen molar-refractivity contribution in [3.05, 3.63) is 85.8 Å². The minimum Gasteiger partial charge on any atom is -0.477 e. The molecule has 71 heavy (non-hydrogen) atoms. The maximum Gasteiger partial charge on any atom is 0.352 e. The number of rotatable bonds is 17. The number of carboxylic acid groups (broad SMARTS) is 1. The Bertz CT molecular complexity index is 3280. The molecule has 8 heterocycles. The summed E-state index contributed by atoms with van der Waals surface area (Å²) in [4.78, 5) is 157. The number of nitrogens with two attached hydrogens (primary N) is 1. The number of fused-ring (bicyclic) bond motifs is 2. The fraction of sp³-hybridized carbons (Fsp3) is 0.333. The number of oxime groups is 2. The van der Waals surface area contributed by atoms with Gasteiger partial charge in [0.2, 0.25) is 5.91 Å². The quantitative estimate of drug-likeness (QED) is 0.0183. The fourth-order valence-corrected chi connectivity index (χ4v) is 13.0. The molecule has 0 saturated carbocycles. The average Bonchev–Trinajstić information content (AvgIpc) is 3.99. The molecule has 8 N–H and O–H groups in total. The lowest BCUT2D eigenvalue weighted by atomic mass is 9.98. The minimum atomic E-state index is -1.40. The van der Waals surface area contributed by atoms with E-state index in [1.54, 1.807) is 5.41 Å². The van der Waals surface area contributed by atoms with E-state index in [9.17, 15) is 53.1 Å². The highest BCUT2D eigenvalue weighted by Gasteiger charge is 2.57. The van der Waals surface area contributed by atoms with Crippen LogP contribution in [0.25, 0.3) is 0 Å². The molecule has 4 aliphatic heterocycles. The summed E-state index contributed by atoms with van der Waals surface area (Å²) < 4.78 is 2.43. The molecular weight excluding hydrogens is 1060 g/mol. The lowest BCUT2D eigenvalue weighted by Crippen LogP contribution is -2.74. The molecule has 35 heteroatoms. The third-order valence-electron chi connectivity index (χ3n) is 10.3. The molecule has 1 unspecified atom stereocenters. The Hall–Kier alpha value is -7.08. The van der Waals surface area contributed by atoms with E-state index in [-0.39, 0.29) is 60.6 Å². The third kappa shape index (κ3) is 9.99. The van der Waals surface area contributed by atoms with Gasteiger partial charge in [-0.25, -0.2) is 14.8 Å². The summed E-state index contributed by atoms with van der Waals surface area (Å²) in [6, 6.07) is -3.69. The largest absolute Gasteiger partial charge is 0.477 e. The van der Waals surface area contributed by atoms with Crippen LogP contribution in [0.5, 0.6) is 0 Å². The zero-order valence-corrected chi connectivity index (χ0v) is 41.5. The minimum absolute atomic E-state index is 0.00109. The van der Waals surface area contributed by atoms with Gasteiger partial charge in [0, 0.05) is 42.1 Å². The van der Waals surface area contributed by atoms with E-state index in [4.69, 9.17) is 15.4 Å². The van der Waals surface area contributed by atoms with Crippen molar-refractivity contribution in [2.45, 2.75) is 39.2 Å². The smallest absolute Gasteiger partial charge is 0.352 e. The van der Waals surface area contributed by atoms with Gasteiger partial charge in [0.05, 0.1) is 0 Å². The molecule has 0 aliphatic carbocycles. The molecule has 4 aromatic rings. The SMILES string of the molecule is CO/N=C(\C(=O)N[C@@H]1C(=O)N2C(C(=O)O)=C(CSc3nc(=O)c(=O)[nH]n3C)CS[C@H]12)c1csc(NC(=O)C2C(CSc3nc(=O)c(=O)[nH]n3C)=CS[C@@H]3[C@H](NC(=O)/C(=N\OC)c4csc(N)n4)C(=O)N23)n1. The van der Waals surface area contributed by atoms with Gasteiger partial charge >= 0.3 is 28.2 Å². The Morgan fingerprint density at radius 2 is 1.38 bits per heavy atom. The summed E-state index contributed by atoms with van der Waals surface area (Å²) >= 11 is 6.18. The summed E-state index contributed by atoms with van der Waals surface area (Å²) in [5.41, 5.74) is 1.51. The number of H-pyrrole nitrogens is 2. The second-order valence-corrected chi connectivity index (χ2v) is 20.5. The number of hydrogen-bond donors (Lipinski definition) is 7. The lowest BCUT2D eigenvalue weighted by molar-refractivity contribution is -0.153. The van der Waals surface area contributed by atoms with Crippen LogP contribution in [0.1, 0.15) is 11.4 Å². The molecule has 5 atom stereocenters. The van der Waals surface area contributed by atoms with Crippen LogP contribution in [0.2, 0.25) is 0 Å². The number of thioether (sulfide) groups is 4. The van der Waals surface area contributed by atoms with E-state index >= 15 is 0 Å². The molecule has 372 valence electrons. The molecule has 2 saturated heterocycles. The van der Waals surface area contributed by atoms with Crippen LogP contribution in [-0.4, -0.2) is 162 Å². The monoisotopic (exact) mass is 1090 g/mol. The van der Waals surface area contributed by atoms with Gasteiger partial charge in [-0.2, -0.15) is 9.97 Å². The number of nitrogens with zero attached hydrogens (tertiary/aromatic N) is 10. The first-order valence-corrected chi connectivity index (χ1v) is 25.6. The number of aromatic nitrogens is 8. The number of carbonyl (C=O) groups excluding carboxylic acids is 5. The number of carboxylic acids is 1. The van der Waals surface area contributed by atoms with Gasteiger partial charge in [-0.3, -0.25) is 72.9 Å². The van der Waals surface area contributed by atoms with Crippen molar-refractivity contribution in [1.82, 2.24) is 59.9 Å². The van der Waals surface area contributed by atoms with Crippen LogP contribution >= 0.6 is 69.7 Å². The first kappa shape index (κ1) is 50.3. The van der Waals surface area contributed by atoms with Gasteiger partial charge in [-0.1, -0.05) is 33.8 Å². The van der Waals surface area contributed by atoms with Crippen LogP contribution < -0.4 is 43.9 Å². The highest BCUT2D eigenvalue weighted by Crippen LogP contribution is 2.43. The standard InChI is InChI=1S/C36H34N16O13S6/c1-49-35(43-24(56)26(58)45-49)70-7-11-5-66-30-17(40-21(53)15(47-64-3)13-9-68-33(37)38-13)28(60)51(30)19(11)23(55)42-34-39-14(10-69-34)16(48-65-4)22(54)41-18-29(61)52-20(32(62)63)12(6-67-31(18)52)8-71-36-44-25(57)27(59)46-50(36)2/h5,9-10,17-19,30-31H,6-8H2,1-4H3,(H2,37,38)(H,40,53)(H,41,54)(H,45,58)(H,46,59)(H,62,63)(H,39,42,55)/b47-15-,48-16-/t17-,18-,19?,30-,31-/m1/s1. The fourth-order valence-electron chi connectivity index (χ4n) is 7.14. The number of nitrogen functional groups attached to an aromatic ring is 1. The van der Waals surface area contributed by atoms with E-state index in [1.165, 1.54) is 58.0 Å². The van der Waals surface area contributed by atoms with Gasteiger partial charge < -0.3 is 36.0 Å². The van der Waals surface area contributed by atoms with E-state index in [0.717, 1.165) is 70.0 Å². The maximum absolute atomic E-state index is 14.3. The van der Waals surface area contributed by atoms with Crippen LogP contribution in [0.4, 0.5) is 10.3 Å². The van der Waals surface area contributed by atoms with Gasteiger partial charge in [0.15, 0.2) is 32.0 Å². The zero-order valence-electron chi connectivity index (χ0n) is 36.6. The molecule has 0 aromatic carbocycles. The number of carbonyl (C=O) groups is 6. The Kier molecular flexibility index (Phi) is 14.7. The first-order chi connectivity index (χ1) is 33.9. The van der Waals surface area contributed by atoms with Gasteiger partial charge in [0.1, 0.15) is 60.2 Å². The molecule has 8 rings (SSSR count). The molecular formula is C36H34N16O13S6. The summed E-state index contributed by atoms with van der Waals surface area (Å²) in [5, 5.41) is 33.3. The van der Waals surface area contributed by atoms with Crippen LogP contribution in [0, 0.1) is 0 Å². The van der Waals surface area contributed by atoms with E-state index < -0.39 is 92.3 Å². The Morgan fingerprint density at radius 3 is 1.94 bits per heavy atom. The number of hydrogen-bond acceptors (Lipinski definition) is 25. The van der Waals surface area contributed by atoms with E-state index in [0.29, 0.717) is 11.1 Å². The Balaban J connectivity index is 0.972. The lowest BCUT2D eigenvalue weighted by Gasteiger charge is -2.52. The zero-order chi connectivity index (χ0) is 51.0. The highest BCUT2D eigenvalue weighted by molar-refractivity contribution is 8.03. The van der Waals surface area contributed by atoms with Crippen molar-refractivity contribution in [2.24, 2.45) is 24.4 Å². The second-order valence-electron chi connectivity index (χ2n) is 14.8. The number of aromatic amines is 2. The van der Waals surface area contributed by atoms with Crippen molar-refractivity contribution in [2.75, 3.05) is 42.5 Å².